The van der Waals surface area contributed by atoms with Crippen LogP contribution < -0.4 is 15.4 Å². The third-order valence-electron chi connectivity index (χ3n) is 8.31. The lowest BCUT2D eigenvalue weighted by atomic mass is 10.3. The number of carbonyl (C=O) groups is 7. The highest BCUT2D eigenvalue weighted by Crippen LogP contribution is 2.17. The number of nitrogens with one attached hydrogen (secondary N) is 2. The lowest BCUT2D eigenvalue weighted by Gasteiger charge is -2.26. The number of carbonyl (C=O) groups excluding carboxylic acids is 7. The van der Waals surface area contributed by atoms with Gasteiger partial charge in [-0.25, -0.2) is 4.79 Å². The Morgan fingerprint density at radius 1 is 0.606 bits per heavy atom. The summed E-state index contributed by atoms with van der Waals surface area (Å²) in [5, 5.41) is 19.1. The van der Waals surface area contributed by atoms with E-state index in [0.717, 1.165) is 24.5 Å². The molecule has 66 heavy (non-hydrogen) atoms. The molecule has 0 aliphatic carbocycles. The van der Waals surface area contributed by atoms with Gasteiger partial charge in [0.25, 0.3) is 5.69 Å². The van der Waals surface area contributed by atoms with Crippen molar-refractivity contribution < 1.29 is 66.9 Å². The second-order valence-electron chi connectivity index (χ2n) is 13.5. The van der Waals surface area contributed by atoms with Gasteiger partial charge >= 0.3 is 6.09 Å². The minimum atomic E-state index is -0.719. The minimum Gasteiger partial charge on any atom is -0.410 e. The van der Waals surface area contributed by atoms with Gasteiger partial charge in [0.1, 0.15) is 12.4 Å². The molecule has 0 aliphatic rings. The maximum Gasteiger partial charge on any atom is 0.412 e. The number of hydrogen-bond donors (Lipinski definition) is 2. The Hall–Kier alpha value is -6.18. The summed E-state index contributed by atoms with van der Waals surface area (Å²) in [6.07, 6.45) is -0.277. The number of ether oxygens (including phenoxy) is 6. The molecule has 0 saturated heterocycles. The van der Waals surface area contributed by atoms with Crippen LogP contribution in [0.5, 0.6) is 5.75 Å². The van der Waals surface area contributed by atoms with Crippen molar-refractivity contribution in [2.24, 2.45) is 5.11 Å². The third kappa shape index (κ3) is 30.0. The van der Waals surface area contributed by atoms with Crippen molar-refractivity contribution in [3.8, 4) is 5.75 Å². The zero-order valence-corrected chi connectivity index (χ0v) is 38.4. The summed E-state index contributed by atoms with van der Waals surface area (Å²) in [6.45, 7) is 5.10. The smallest absolute Gasteiger partial charge is 0.410 e. The highest BCUT2D eigenvalue weighted by atomic mass is 16.6. The lowest BCUT2D eigenvalue weighted by Crippen LogP contribution is -2.48. The van der Waals surface area contributed by atoms with Gasteiger partial charge in [-0.3, -0.25) is 38.9 Å². The maximum atomic E-state index is 12.7. The second kappa shape index (κ2) is 38.1. The number of rotatable bonds is 33. The molecule has 26 nitrogen and oxygen atoms in total. The fourth-order valence-corrected chi connectivity index (χ4v) is 4.58. The van der Waals surface area contributed by atoms with Gasteiger partial charge in [-0.15, -0.1) is 0 Å². The molecule has 374 valence electrons. The van der Waals surface area contributed by atoms with Crippen LogP contribution in [0.4, 0.5) is 10.5 Å². The molecule has 1 aromatic rings. The molecule has 0 atom stereocenters. The number of non-ortho nitro benzene ring substituents is 1. The van der Waals surface area contributed by atoms with Crippen LogP contribution >= 0.6 is 0 Å². The largest absolute Gasteiger partial charge is 0.412 e. The number of azide groups is 1. The number of benzene rings is 1. The first kappa shape index (κ1) is 61.9. The second-order valence-corrected chi connectivity index (χ2v) is 13.5. The summed E-state index contributed by atoms with van der Waals surface area (Å²) in [7, 11) is 6.95. The summed E-state index contributed by atoms with van der Waals surface area (Å²) in [5.41, 5.74) is 8.15. The molecule has 1 rings (SSSR count). The van der Waals surface area contributed by atoms with Crippen LogP contribution in [0.15, 0.2) is 29.4 Å². The molecule has 0 aliphatic heterocycles. The van der Waals surface area contributed by atoms with Crippen molar-refractivity contribution in [2.75, 3.05) is 154 Å². The van der Waals surface area contributed by atoms with Crippen LogP contribution in [0.2, 0.25) is 0 Å². The minimum absolute atomic E-state index is 0. The van der Waals surface area contributed by atoms with Crippen molar-refractivity contribution in [3.63, 3.8) is 0 Å². The summed E-state index contributed by atoms with van der Waals surface area (Å²) < 4.78 is 31.9. The molecule has 0 saturated carbocycles. The van der Waals surface area contributed by atoms with E-state index in [1.165, 1.54) is 59.5 Å². The molecule has 1 aromatic carbocycles. The van der Waals surface area contributed by atoms with Crippen LogP contribution in [0.1, 0.15) is 27.7 Å². The molecule has 0 bridgehead atoms. The molecular weight excluding hydrogens is 875 g/mol. The predicted molar refractivity (Wildman–Crippen MR) is 239 cm³/mol. The van der Waals surface area contributed by atoms with E-state index in [9.17, 15) is 43.7 Å². The molecule has 0 spiro atoms. The number of hydrogen-bond acceptors (Lipinski definition) is 16. The van der Waals surface area contributed by atoms with Gasteiger partial charge in [0.15, 0.2) is 0 Å². The Balaban J connectivity index is 0. The first-order chi connectivity index (χ1) is 31.0. The summed E-state index contributed by atoms with van der Waals surface area (Å²) in [4.78, 5) is 105. The Kier molecular flexibility index (Phi) is 35.8. The van der Waals surface area contributed by atoms with E-state index in [1.807, 2.05) is 13.8 Å². The monoisotopic (exact) mass is 943 g/mol. The SMILES string of the molecule is C.CC.CN(CC(=O)NCCCN=[N+]=[N-])C(=O)CN(C)C(=O)CN(C)C(=O)CN(C)C(=O)CN(C)C(=O)COCCOCCOCCOCCOCCNC(=O)Oc1ccc([N+](=O)[O-])cc1. The van der Waals surface area contributed by atoms with Crippen LogP contribution in [-0.2, 0) is 52.5 Å². The summed E-state index contributed by atoms with van der Waals surface area (Å²) >= 11 is 0. The summed E-state index contributed by atoms with van der Waals surface area (Å²) in [6, 6.07) is 5.10. The van der Waals surface area contributed by atoms with E-state index in [0.29, 0.717) is 39.5 Å². The number of nitro groups is 1. The van der Waals surface area contributed by atoms with Gasteiger partial charge in [0.2, 0.25) is 35.4 Å². The molecule has 2 N–H and O–H groups in total. The molecule has 26 heteroatoms. The highest BCUT2D eigenvalue weighted by molar-refractivity contribution is 5.91. The number of nitrogens with zero attached hydrogens (tertiary/aromatic N) is 9. The van der Waals surface area contributed by atoms with E-state index in [2.05, 4.69) is 20.7 Å². The zero-order valence-electron chi connectivity index (χ0n) is 38.4. The standard InChI is InChI=1S/C37H59N11O15.C2H6.CH4/c1-43(23-31(49)39-11-6-12-41-42-38)32(50)24-44(2)33(51)25-45(3)34(52)26-46(4)35(53)27-47(5)36(54)28-62-22-21-61-20-19-60-18-17-59-16-15-58-14-13-40-37(55)63-30-9-7-29(8-10-30)48(56)57;1-2;/h7-10H,6,11-28H2,1-5H3,(H,39,49)(H,40,55);1-2H3;1H4. The zero-order chi connectivity index (χ0) is 49.0. The van der Waals surface area contributed by atoms with E-state index in [1.54, 1.807) is 0 Å². The van der Waals surface area contributed by atoms with Crippen molar-refractivity contribution in [1.82, 2.24) is 35.1 Å². The van der Waals surface area contributed by atoms with Crippen molar-refractivity contribution in [2.45, 2.75) is 27.7 Å². The highest BCUT2D eigenvalue weighted by Gasteiger charge is 2.23. The van der Waals surface area contributed by atoms with Gasteiger partial charge in [0, 0.05) is 71.9 Å². The fourth-order valence-electron chi connectivity index (χ4n) is 4.58. The van der Waals surface area contributed by atoms with Crippen LogP contribution in [0.25, 0.3) is 10.4 Å². The maximum absolute atomic E-state index is 12.7. The van der Waals surface area contributed by atoms with Crippen LogP contribution in [-0.4, -0.2) is 225 Å². The number of likely N-dealkylation sites (N-methyl/N-ethyl adjacent to an activating group) is 5. The van der Waals surface area contributed by atoms with Gasteiger partial charge in [-0.2, -0.15) is 0 Å². The van der Waals surface area contributed by atoms with E-state index < -0.39 is 46.5 Å². The van der Waals surface area contributed by atoms with Gasteiger partial charge < -0.3 is 63.6 Å². The molecule has 0 aromatic heterocycles. The van der Waals surface area contributed by atoms with E-state index >= 15 is 0 Å². The topological polar surface area (TPSA) is 307 Å². The predicted octanol–water partition coefficient (Wildman–Crippen LogP) is 0.537. The average molecular weight is 944 g/mol. The first-order valence-electron chi connectivity index (χ1n) is 20.6. The lowest BCUT2D eigenvalue weighted by molar-refractivity contribution is -0.384. The van der Waals surface area contributed by atoms with Crippen LogP contribution in [0, 0.1) is 10.1 Å². The van der Waals surface area contributed by atoms with Crippen molar-refractivity contribution in [3.05, 3.63) is 44.8 Å². The number of amides is 7. The first-order valence-corrected chi connectivity index (χ1v) is 20.6. The van der Waals surface area contributed by atoms with Gasteiger partial charge in [0.05, 0.1) is 97.1 Å². The number of nitro benzene ring substituents is 1. The Morgan fingerprint density at radius 3 is 1.42 bits per heavy atom. The normalized spacial score (nSPS) is 10.1. The third-order valence-corrected chi connectivity index (χ3v) is 8.31. The molecule has 7 amide bonds. The van der Waals surface area contributed by atoms with Gasteiger partial charge in [-0.05, 0) is 24.1 Å². The quantitative estimate of drug-likeness (QED) is 0.0243. The van der Waals surface area contributed by atoms with Gasteiger partial charge in [-0.1, -0.05) is 26.4 Å². The average Bonchev–Trinajstić information content (AvgIpc) is 3.27. The van der Waals surface area contributed by atoms with E-state index in [-0.39, 0.29) is 104 Å². The van der Waals surface area contributed by atoms with Crippen molar-refractivity contribution >= 4 is 47.2 Å². The Morgan fingerprint density at radius 2 is 1.00 bits per heavy atom. The molecule has 0 unspecified atom stereocenters. The Labute approximate surface area is 385 Å². The fraction of sp³-hybridized carbons (Fsp3) is 0.675. The molecule has 0 fully saturated rings. The Bertz CT molecular complexity index is 1670. The molecule has 0 heterocycles. The molecule has 0 radical (unpaired) electrons. The molecular formula is C40H69N11O15. The summed E-state index contributed by atoms with van der Waals surface area (Å²) in [5.74, 6) is -2.86. The van der Waals surface area contributed by atoms with E-state index in [4.69, 9.17) is 34.0 Å². The van der Waals surface area contributed by atoms with Crippen LogP contribution in [0.3, 0.4) is 0 Å². The van der Waals surface area contributed by atoms with Crippen molar-refractivity contribution in [1.29, 1.82) is 0 Å².